The van der Waals surface area contributed by atoms with Gasteiger partial charge < -0.3 is 15.7 Å². The number of carbonyl (C=O) groups is 2. The Morgan fingerprint density at radius 2 is 2.00 bits per heavy atom. The second-order valence-corrected chi connectivity index (χ2v) is 7.00. The maximum absolute atomic E-state index is 12.1. The first kappa shape index (κ1) is 16.4. The summed E-state index contributed by atoms with van der Waals surface area (Å²) in [6, 6.07) is 3.62. The van der Waals surface area contributed by atoms with Crippen molar-refractivity contribution in [2.45, 2.75) is 38.8 Å². The van der Waals surface area contributed by atoms with E-state index in [9.17, 15) is 14.7 Å². The minimum absolute atomic E-state index is 0.141. The number of anilines is 3. The molecule has 3 N–H and O–H groups in total. The van der Waals surface area contributed by atoms with Gasteiger partial charge in [-0.05, 0) is 31.9 Å². The van der Waals surface area contributed by atoms with E-state index in [-0.39, 0.29) is 18.5 Å². The van der Waals surface area contributed by atoms with Crippen LogP contribution in [0.3, 0.4) is 0 Å². The van der Waals surface area contributed by atoms with Gasteiger partial charge in [-0.2, -0.15) is 5.10 Å². The van der Waals surface area contributed by atoms with E-state index in [4.69, 9.17) is 5.73 Å². The Labute approximate surface area is 150 Å². The average Bonchev–Trinajstić information content (AvgIpc) is 3.30. The molecule has 1 aromatic carbocycles. The Morgan fingerprint density at radius 1 is 1.27 bits per heavy atom. The quantitative estimate of drug-likeness (QED) is 0.806. The van der Waals surface area contributed by atoms with E-state index in [1.165, 1.54) is 11.8 Å². The van der Waals surface area contributed by atoms with Crippen LogP contribution in [0.15, 0.2) is 24.5 Å². The molecule has 0 bridgehead atoms. The van der Waals surface area contributed by atoms with Crippen LogP contribution in [0.4, 0.5) is 21.9 Å². The number of carbonyl (C=O) groups excluding carboxylic acids is 1. The summed E-state index contributed by atoms with van der Waals surface area (Å²) in [4.78, 5) is 26.7. The van der Waals surface area contributed by atoms with Gasteiger partial charge in [-0.3, -0.25) is 14.4 Å². The van der Waals surface area contributed by atoms with Gasteiger partial charge in [0, 0.05) is 36.5 Å². The first-order chi connectivity index (χ1) is 12.4. The van der Waals surface area contributed by atoms with Crippen molar-refractivity contribution < 1.29 is 14.7 Å². The fraction of sp³-hybridized carbons (Fsp3) is 0.389. The molecule has 136 valence electrons. The fourth-order valence-corrected chi connectivity index (χ4v) is 3.61. The third-order valence-corrected chi connectivity index (χ3v) is 4.99. The smallest absolute Gasteiger partial charge is 0.411 e. The van der Waals surface area contributed by atoms with Crippen LogP contribution < -0.4 is 15.5 Å². The van der Waals surface area contributed by atoms with Gasteiger partial charge in [0.15, 0.2) is 0 Å². The maximum Gasteiger partial charge on any atom is 0.411 e. The largest absolute Gasteiger partial charge is 0.465 e. The molecule has 0 radical (unpaired) electrons. The van der Waals surface area contributed by atoms with Crippen molar-refractivity contribution in [2.24, 2.45) is 0 Å². The van der Waals surface area contributed by atoms with Crippen LogP contribution in [0, 0.1) is 0 Å². The third kappa shape index (κ3) is 2.58. The predicted molar refractivity (Wildman–Crippen MR) is 98.3 cm³/mol. The average molecular weight is 355 g/mol. The molecule has 1 fully saturated rings. The van der Waals surface area contributed by atoms with Crippen molar-refractivity contribution in [2.75, 3.05) is 22.1 Å². The monoisotopic (exact) mass is 355 g/mol. The van der Waals surface area contributed by atoms with Gasteiger partial charge in [-0.25, -0.2) is 4.79 Å². The summed E-state index contributed by atoms with van der Waals surface area (Å²) in [6.45, 7) is 3.51. The molecular formula is C18H21N5O3. The van der Waals surface area contributed by atoms with Gasteiger partial charge >= 0.3 is 6.09 Å². The number of benzene rings is 1. The van der Waals surface area contributed by atoms with Crippen LogP contribution in [0.25, 0.3) is 11.1 Å². The summed E-state index contributed by atoms with van der Waals surface area (Å²) in [5, 5.41) is 14.0. The van der Waals surface area contributed by atoms with Crippen LogP contribution in [-0.2, 0) is 4.79 Å². The fourth-order valence-electron chi connectivity index (χ4n) is 3.61. The van der Waals surface area contributed by atoms with E-state index in [2.05, 4.69) is 5.10 Å². The lowest BCUT2D eigenvalue weighted by molar-refractivity contribution is -0.117. The number of nitrogen functional groups attached to an aromatic ring is 1. The number of hydrogen-bond acceptors (Lipinski definition) is 4. The maximum atomic E-state index is 12.1. The summed E-state index contributed by atoms with van der Waals surface area (Å²) < 4.78 is 1.92. The van der Waals surface area contributed by atoms with Crippen LogP contribution in [0.5, 0.6) is 0 Å². The molecule has 26 heavy (non-hydrogen) atoms. The summed E-state index contributed by atoms with van der Waals surface area (Å²) >= 11 is 0. The van der Waals surface area contributed by atoms with Gasteiger partial charge in [0.05, 0.1) is 29.7 Å². The molecule has 8 heteroatoms. The van der Waals surface area contributed by atoms with E-state index >= 15 is 0 Å². The number of carboxylic acid groups (broad SMARTS) is 1. The standard InChI is InChI=1S/C18H21N5O3/c1-10-8-21(18(25)26)16-5-14(12-7-20-22(9-12)13-3-4-13)15(19)6-17(16)23(10)11(2)24/h5-7,9-10,13H,3-4,8,19H2,1-2H3,(H,25,26). The molecule has 1 saturated carbocycles. The summed E-state index contributed by atoms with van der Waals surface area (Å²) in [7, 11) is 0. The minimum atomic E-state index is -1.05. The molecule has 1 aromatic heterocycles. The summed E-state index contributed by atoms with van der Waals surface area (Å²) in [5.74, 6) is -0.141. The number of fused-ring (bicyclic) bond motifs is 1. The molecule has 0 saturated heterocycles. The molecule has 1 aliphatic heterocycles. The van der Waals surface area contributed by atoms with E-state index in [1.807, 2.05) is 17.8 Å². The molecule has 1 atom stereocenters. The van der Waals surface area contributed by atoms with Crippen LogP contribution >= 0.6 is 0 Å². The van der Waals surface area contributed by atoms with Gasteiger partial charge in [0.2, 0.25) is 5.91 Å². The highest BCUT2D eigenvalue weighted by Gasteiger charge is 2.34. The molecule has 2 amide bonds. The molecule has 2 heterocycles. The second kappa shape index (κ2) is 5.76. The number of nitrogens with zero attached hydrogens (tertiary/aromatic N) is 4. The van der Waals surface area contributed by atoms with Crippen LogP contribution in [0.1, 0.15) is 32.7 Å². The van der Waals surface area contributed by atoms with Crippen molar-refractivity contribution in [3.8, 4) is 11.1 Å². The zero-order chi connectivity index (χ0) is 18.6. The summed E-state index contributed by atoms with van der Waals surface area (Å²) in [6.07, 6.45) is 4.88. The molecule has 1 aliphatic carbocycles. The Hall–Kier alpha value is -3.03. The normalized spacial score (nSPS) is 19.4. The molecular weight excluding hydrogens is 334 g/mol. The topological polar surface area (TPSA) is 105 Å². The molecule has 2 aromatic rings. The highest BCUT2D eigenvalue weighted by molar-refractivity contribution is 6.04. The van der Waals surface area contributed by atoms with E-state index in [1.54, 1.807) is 23.2 Å². The van der Waals surface area contributed by atoms with Crippen molar-refractivity contribution in [1.82, 2.24) is 9.78 Å². The highest BCUT2D eigenvalue weighted by Crippen LogP contribution is 2.42. The highest BCUT2D eigenvalue weighted by atomic mass is 16.4. The number of rotatable bonds is 2. The molecule has 0 spiro atoms. The van der Waals surface area contributed by atoms with Crippen molar-refractivity contribution in [3.63, 3.8) is 0 Å². The van der Waals surface area contributed by atoms with E-state index in [0.717, 1.165) is 24.0 Å². The van der Waals surface area contributed by atoms with Crippen LogP contribution in [0.2, 0.25) is 0 Å². The van der Waals surface area contributed by atoms with Crippen LogP contribution in [-0.4, -0.2) is 39.5 Å². The van der Waals surface area contributed by atoms with E-state index in [0.29, 0.717) is 23.1 Å². The first-order valence-corrected chi connectivity index (χ1v) is 8.65. The SMILES string of the molecule is CC(=O)N1c2cc(N)c(-c3cnn(C4CC4)c3)cc2N(C(=O)O)CC1C. The Bertz CT molecular complexity index is 902. The molecule has 4 rings (SSSR count). The van der Waals surface area contributed by atoms with Gasteiger partial charge in [0.1, 0.15) is 0 Å². The third-order valence-electron chi connectivity index (χ3n) is 4.99. The van der Waals surface area contributed by atoms with E-state index < -0.39 is 6.09 Å². The zero-order valence-corrected chi connectivity index (χ0v) is 14.7. The van der Waals surface area contributed by atoms with Gasteiger partial charge in [-0.15, -0.1) is 0 Å². The molecule has 8 nitrogen and oxygen atoms in total. The lowest BCUT2D eigenvalue weighted by Gasteiger charge is -2.40. The lowest BCUT2D eigenvalue weighted by Crippen LogP contribution is -2.51. The first-order valence-electron chi connectivity index (χ1n) is 8.65. The molecule has 1 unspecified atom stereocenters. The number of nitrogens with two attached hydrogens (primary N) is 1. The minimum Gasteiger partial charge on any atom is -0.465 e. The van der Waals surface area contributed by atoms with Gasteiger partial charge in [-0.1, -0.05) is 0 Å². The Kier molecular flexibility index (Phi) is 3.64. The van der Waals surface area contributed by atoms with Crippen molar-refractivity contribution >= 4 is 29.1 Å². The van der Waals surface area contributed by atoms with Crippen molar-refractivity contribution in [1.29, 1.82) is 0 Å². The Balaban J connectivity index is 1.84. The summed E-state index contributed by atoms with van der Waals surface area (Å²) in [5.41, 5.74) is 9.31. The number of aromatic nitrogens is 2. The Morgan fingerprint density at radius 3 is 2.62 bits per heavy atom. The molecule has 2 aliphatic rings. The second-order valence-electron chi connectivity index (χ2n) is 7.00. The zero-order valence-electron chi connectivity index (χ0n) is 14.7. The van der Waals surface area contributed by atoms with Gasteiger partial charge in [0.25, 0.3) is 0 Å². The number of amides is 2. The predicted octanol–water partition coefficient (Wildman–Crippen LogP) is 2.71. The lowest BCUT2D eigenvalue weighted by atomic mass is 10.0. The van der Waals surface area contributed by atoms with Crippen molar-refractivity contribution in [3.05, 3.63) is 24.5 Å². The number of hydrogen-bond donors (Lipinski definition) is 2.